The Morgan fingerprint density at radius 3 is 2.55 bits per heavy atom. The van der Waals surface area contributed by atoms with Crippen molar-refractivity contribution in [1.29, 1.82) is 0 Å². The number of unbranched alkanes of at least 4 members (excludes halogenated alkanes) is 3. The molecular weight excluding hydrogens is 282 g/mol. The lowest BCUT2D eigenvalue weighted by molar-refractivity contribution is -0.137. The number of hydrogen-bond acceptors (Lipinski definition) is 3. The molecule has 0 radical (unpaired) electrons. The summed E-state index contributed by atoms with van der Waals surface area (Å²) in [6, 6.07) is 9.00. The molecule has 2 N–H and O–H groups in total. The first-order valence-electron chi connectivity index (χ1n) is 7.80. The van der Waals surface area contributed by atoms with Gasteiger partial charge in [-0.15, -0.1) is 0 Å². The molecule has 5 nitrogen and oxygen atoms in total. The lowest BCUT2D eigenvalue weighted by Gasteiger charge is -2.16. The van der Waals surface area contributed by atoms with E-state index in [2.05, 4.69) is 12.2 Å². The average molecular weight is 307 g/mol. The Morgan fingerprint density at radius 1 is 1.18 bits per heavy atom. The minimum absolute atomic E-state index is 0.0768. The molecule has 0 aliphatic rings. The standard InChI is InChI=1S/C17H25NO4/c1-2-3-4-8-11-15(12-16(19)20)18-17(21)22-13-14-9-6-5-7-10-14/h5-7,9-10,15H,2-4,8,11-13H2,1H3,(H,18,21)(H,19,20)/t15-/m0/s1. The zero-order valence-corrected chi connectivity index (χ0v) is 13.1. The Morgan fingerprint density at radius 2 is 1.91 bits per heavy atom. The summed E-state index contributed by atoms with van der Waals surface area (Å²) >= 11 is 0. The van der Waals surface area contributed by atoms with E-state index < -0.39 is 12.1 Å². The van der Waals surface area contributed by atoms with E-state index in [0.29, 0.717) is 6.42 Å². The third-order valence-corrected chi connectivity index (χ3v) is 3.36. The van der Waals surface area contributed by atoms with Crippen molar-refractivity contribution in [3.63, 3.8) is 0 Å². The Kier molecular flexibility index (Phi) is 8.72. The highest BCUT2D eigenvalue weighted by Gasteiger charge is 2.16. The van der Waals surface area contributed by atoms with Crippen LogP contribution in [-0.4, -0.2) is 23.2 Å². The van der Waals surface area contributed by atoms with Crippen LogP contribution in [0.5, 0.6) is 0 Å². The first-order chi connectivity index (χ1) is 10.6. The summed E-state index contributed by atoms with van der Waals surface area (Å²) in [5.74, 6) is -0.913. The molecule has 0 unspecified atom stereocenters. The highest BCUT2D eigenvalue weighted by atomic mass is 16.5. The molecule has 122 valence electrons. The van der Waals surface area contributed by atoms with Crippen molar-refractivity contribution in [3.8, 4) is 0 Å². The van der Waals surface area contributed by atoms with Crippen LogP contribution in [0.3, 0.4) is 0 Å². The van der Waals surface area contributed by atoms with Crippen LogP contribution in [0.15, 0.2) is 30.3 Å². The number of carbonyl (C=O) groups excluding carboxylic acids is 1. The van der Waals surface area contributed by atoms with Crippen molar-refractivity contribution in [2.75, 3.05) is 0 Å². The van der Waals surface area contributed by atoms with E-state index >= 15 is 0 Å². The van der Waals surface area contributed by atoms with Gasteiger partial charge in [0.2, 0.25) is 0 Å². The van der Waals surface area contributed by atoms with Crippen molar-refractivity contribution in [1.82, 2.24) is 5.32 Å². The quantitative estimate of drug-likeness (QED) is 0.646. The number of carboxylic acids is 1. The summed E-state index contributed by atoms with van der Waals surface area (Å²) < 4.78 is 5.12. The van der Waals surface area contributed by atoms with E-state index in [1.807, 2.05) is 30.3 Å². The van der Waals surface area contributed by atoms with Crippen molar-refractivity contribution in [3.05, 3.63) is 35.9 Å². The topological polar surface area (TPSA) is 75.6 Å². The van der Waals surface area contributed by atoms with E-state index in [1.165, 1.54) is 0 Å². The molecule has 0 aromatic heterocycles. The summed E-state index contributed by atoms with van der Waals surface area (Å²) in [6.07, 6.45) is 4.22. The van der Waals surface area contributed by atoms with Crippen molar-refractivity contribution < 1.29 is 19.4 Å². The van der Waals surface area contributed by atoms with Crippen LogP contribution < -0.4 is 5.32 Å². The second-order valence-electron chi connectivity index (χ2n) is 5.35. The molecule has 1 rings (SSSR count). The third-order valence-electron chi connectivity index (χ3n) is 3.36. The molecular formula is C17H25NO4. The predicted molar refractivity (Wildman–Crippen MR) is 84.6 cm³/mol. The minimum atomic E-state index is -0.913. The van der Waals surface area contributed by atoms with Crippen LogP contribution in [0, 0.1) is 0 Å². The molecule has 1 aromatic carbocycles. The van der Waals surface area contributed by atoms with Gasteiger partial charge in [-0.25, -0.2) is 4.79 Å². The molecule has 1 amide bonds. The highest BCUT2D eigenvalue weighted by Crippen LogP contribution is 2.09. The van der Waals surface area contributed by atoms with E-state index in [-0.39, 0.29) is 19.1 Å². The molecule has 0 aliphatic carbocycles. The zero-order chi connectivity index (χ0) is 16.2. The maximum absolute atomic E-state index is 11.8. The fraction of sp³-hybridized carbons (Fsp3) is 0.529. The number of carbonyl (C=O) groups is 2. The molecule has 0 heterocycles. The van der Waals surface area contributed by atoms with Gasteiger partial charge in [0.05, 0.1) is 6.42 Å². The number of aliphatic carboxylic acids is 1. The van der Waals surface area contributed by atoms with Crippen molar-refractivity contribution >= 4 is 12.1 Å². The Balaban J connectivity index is 2.35. The lowest BCUT2D eigenvalue weighted by atomic mass is 10.0. The van der Waals surface area contributed by atoms with Crippen LogP contribution in [0.1, 0.15) is 51.0 Å². The smallest absolute Gasteiger partial charge is 0.407 e. The molecule has 0 saturated carbocycles. The summed E-state index contributed by atoms with van der Waals surface area (Å²) in [6.45, 7) is 2.30. The van der Waals surface area contributed by atoms with Gasteiger partial charge >= 0.3 is 12.1 Å². The molecule has 1 atom stereocenters. The highest BCUT2D eigenvalue weighted by molar-refractivity contribution is 5.71. The minimum Gasteiger partial charge on any atom is -0.481 e. The van der Waals surface area contributed by atoms with E-state index in [9.17, 15) is 9.59 Å². The lowest BCUT2D eigenvalue weighted by Crippen LogP contribution is -2.36. The van der Waals surface area contributed by atoms with Gasteiger partial charge in [0.25, 0.3) is 0 Å². The first-order valence-corrected chi connectivity index (χ1v) is 7.80. The number of amides is 1. The molecule has 0 aliphatic heterocycles. The van der Waals surface area contributed by atoms with Gasteiger partial charge in [-0.3, -0.25) is 4.79 Å². The number of nitrogens with one attached hydrogen (secondary N) is 1. The Labute approximate surface area is 131 Å². The van der Waals surface area contributed by atoms with Crippen molar-refractivity contribution in [2.24, 2.45) is 0 Å². The zero-order valence-electron chi connectivity index (χ0n) is 13.1. The normalized spacial score (nSPS) is 11.7. The number of ether oxygens (including phenoxy) is 1. The molecule has 0 bridgehead atoms. The van der Waals surface area contributed by atoms with Crippen LogP contribution in [0.2, 0.25) is 0 Å². The third kappa shape index (κ3) is 8.29. The summed E-state index contributed by atoms with van der Waals surface area (Å²) in [5, 5.41) is 11.6. The van der Waals surface area contributed by atoms with Gasteiger partial charge < -0.3 is 15.2 Å². The second kappa shape index (κ2) is 10.7. The molecule has 5 heteroatoms. The van der Waals surface area contributed by atoms with Gasteiger partial charge in [-0.05, 0) is 12.0 Å². The average Bonchev–Trinajstić information content (AvgIpc) is 2.50. The monoisotopic (exact) mass is 307 g/mol. The van der Waals surface area contributed by atoms with Gasteiger partial charge in [0, 0.05) is 6.04 Å². The van der Waals surface area contributed by atoms with E-state index in [1.54, 1.807) is 0 Å². The summed E-state index contributed by atoms with van der Waals surface area (Å²) in [5.41, 5.74) is 0.899. The number of carboxylic acid groups (broad SMARTS) is 1. The maximum atomic E-state index is 11.8. The number of alkyl carbamates (subject to hydrolysis) is 1. The van der Waals surface area contributed by atoms with Gasteiger partial charge in [0.1, 0.15) is 6.61 Å². The number of benzene rings is 1. The number of rotatable bonds is 10. The van der Waals surface area contributed by atoms with Gasteiger partial charge in [-0.2, -0.15) is 0 Å². The number of hydrogen-bond donors (Lipinski definition) is 2. The molecule has 0 saturated heterocycles. The molecule has 1 aromatic rings. The largest absolute Gasteiger partial charge is 0.481 e. The SMILES string of the molecule is CCCCCC[C@@H](CC(=O)O)NC(=O)OCc1ccccc1. The molecule has 0 fully saturated rings. The van der Waals surface area contributed by atoms with E-state index in [4.69, 9.17) is 9.84 Å². The van der Waals surface area contributed by atoms with E-state index in [0.717, 1.165) is 31.2 Å². The van der Waals surface area contributed by atoms with Crippen LogP contribution in [0.25, 0.3) is 0 Å². The van der Waals surface area contributed by atoms with Crippen LogP contribution >= 0.6 is 0 Å². The Bertz CT molecular complexity index is 447. The molecule has 0 spiro atoms. The Hall–Kier alpha value is -2.04. The van der Waals surface area contributed by atoms with Crippen molar-refractivity contribution in [2.45, 2.75) is 58.1 Å². The fourth-order valence-electron chi connectivity index (χ4n) is 2.19. The molecule has 22 heavy (non-hydrogen) atoms. The van der Waals surface area contributed by atoms with Gasteiger partial charge in [-0.1, -0.05) is 62.9 Å². The van der Waals surface area contributed by atoms with Crippen LogP contribution in [0.4, 0.5) is 4.79 Å². The fourth-order valence-corrected chi connectivity index (χ4v) is 2.19. The van der Waals surface area contributed by atoms with Gasteiger partial charge in [0.15, 0.2) is 0 Å². The predicted octanol–water partition coefficient (Wildman–Crippen LogP) is 3.73. The maximum Gasteiger partial charge on any atom is 0.407 e. The summed E-state index contributed by atoms with van der Waals surface area (Å²) in [4.78, 5) is 22.6. The first kappa shape index (κ1) is 18.0. The second-order valence-corrected chi connectivity index (χ2v) is 5.35. The summed E-state index contributed by atoms with van der Waals surface area (Å²) in [7, 11) is 0. The van der Waals surface area contributed by atoms with Crippen LogP contribution in [-0.2, 0) is 16.1 Å².